The Hall–Kier alpha value is -0.810. The van der Waals surface area contributed by atoms with E-state index in [2.05, 4.69) is 10.6 Å². The number of piperidine rings is 1. The number of amides is 1. The molecule has 5 heteroatoms. The van der Waals surface area contributed by atoms with Gasteiger partial charge in [-0.05, 0) is 33.7 Å². The molecule has 2 atom stereocenters. The highest BCUT2D eigenvalue weighted by atomic mass is 16.6. The highest BCUT2D eigenvalue weighted by Gasteiger charge is 2.26. The summed E-state index contributed by atoms with van der Waals surface area (Å²) in [6.07, 6.45) is -0.311. The Morgan fingerprint density at radius 1 is 1.53 bits per heavy atom. The molecular formula is C10H20N2O3. The van der Waals surface area contributed by atoms with Crippen molar-refractivity contribution < 1.29 is 14.6 Å². The van der Waals surface area contributed by atoms with Gasteiger partial charge in [-0.2, -0.15) is 0 Å². The lowest BCUT2D eigenvalue weighted by atomic mass is 10.0. The van der Waals surface area contributed by atoms with E-state index in [-0.39, 0.29) is 6.04 Å². The van der Waals surface area contributed by atoms with Gasteiger partial charge in [-0.1, -0.05) is 0 Å². The van der Waals surface area contributed by atoms with Gasteiger partial charge >= 0.3 is 6.09 Å². The predicted octanol–water partition coefficient (Wildman–Crippen LogP) is 0.234. The maximum absolute atomic E-state index is 11.4. The lowest BCUT2D eigenvalue weighted by Crippen LogP contribution is -2.54. The summed E-state index contributed by atoms with van der Waals surface area (Å²) in [4.78, 5) is 11.4. The largest absolute Gasteiger partial charge is 0.444 e. The van der Waals surface area contributed by atoms with Crippen molar-refractivity contribution in [2.75, 3.05) is 13.1 Å². The van der Waals surface area contributed by atoms with Crippen molar-refractivity contribution in [2.45, 2.75) is 44.9 Å². The topological polar surface area (TPSA) is 70.6 Å². The molecule has 1 saturated heterocycles. The molecule has 0 bridgehead atoms. The molecule has 1 aliphatic heterocycles. The summed E-state index contributed by atoms with van der Waals surface area (Å²) >= 11 is 0. The lowest BCUT2D eigenvalue weighted by Gasteiger charge is -2.30. The highest BCUT2D eigenvalue weighted by molar-refractivity contribution is 5.68. The zero-order chi connectivity index (χ0) is 11.5. The molecule has 1 amide bonds. The van der Waals surface area contributed by atoms with Crippen molar-refractivity contribution in [1.29, 1.82) is 0 Å². The predicted molar refractivity (Wildman–Crippen MR) is 56.7 cm³/mol. The molecular weight excluding hydrogens is 196 g/mol. The number of carbonyl (C=O) groups is 1. The van der Waals surface area contributed by atoms with Gasteiger partial charge in [-0.25, -0.2) is 4.79 Å². The second-order valence-electron chi connectivity index (χ2n) is 4.81. The van der Waals surface area contributed by atoms with Crippen LogP contribution in [0.2, 0.25) is 0 Å². The first-order chi connectivity index (χ1) is 6.88. The molecule has 5 nitrogen and oxygen atoms in total. The van der Waals surface area contributed by atoms with E-state index in [0.717, 1.165) is 6.54 Å². The fraction of sp³-hybridized carbons (Fsp3) is 0.900. The van der Waals surface area contributed by atoms with Gasteiger partial charge in [0.25, 0.3) is 0 Å². The first-order valence-electron chi connectivity index (χ1n) is 5.27. The van der Waals surface area contributed by atoms with Gasteiger partial charge in [0.15, 0.2) is 0 Å². The van der Waals surface area contributed by atoms with Crippen molar-refractivity contribution in [2.24, 2.45) is 0 Å². The number of carbonyl (C=O) groups excluding carboxylic acids is 1. The van der Waals surface area contributed by atoms with Crippen LogP contribution < -0.4 is 10.6 Å². The number of ether oxygens (including phenoxy) is 1. The van der Waals surface area contributed by atoms with Crippen molar-refractivity contribution in [1.82, 2.24) is 10.6 Å². The number of alkyl carbamates (subject to hydrolysis) is 1. The van der Waals surface area contributed by atoms with Crippen LogP contribution in [-0.2, 0) is 4.74 Å². The third kappa shape index (κ3) is 4.48. The Labute approximate surface area is 90.2 Å². The Morgan fingerprint density at radius 3 is 2.73 bits per heavy atom. The minimum atomic E-state index is -0.503. The van der Waals surface area contributed by atoms with E-state index >= 15 is 0 Å². The van der Waals surface area contributed by atoms with Crippen LogP contribution in [0, 0.1) is 0 Å². The van der Waals surface area contributed by atoms with Crippen molar-refractivity contribution in [3.63, 3.8) is 0 Å². The van der Waals surface area contributed by atoms with Crippen LogP contribution in [0.25, 0.3) is 0 Å². The molecule has 88 valence electrons. The maximum atomic E-state index is 11.4. The molecule has 0 aromatic rings. The van der Waals surface area contributed by atoms with E-state index in [1.165, 1.54) is 0 Å². The lowest BCUT2D eigenvalue weighted by molar-refractivity contribution is 0.0383. The minimum absolute atomic E-state index is 0.256. The molecule has 15 heavy (non-hydrogen) atoms. The fourth-order valence-corrected chi connectivity index (χ4v) is 1.45. The smallest absolute Gasteiger partial charge is 0.408 e. The monoisotopic (exact) mass is 216 g/mol. The first kappa shape index (κ1) is 12.3. The molecule has 0 aromatic heterocycles. The summed E-state index contributed by atoms with van der Waals surface area (Å²) in [7, 11) is 0. The van der Waals surface area contributed by atoms with Crippen LogP contribution >= 0.6 is 0 Å². The highest BCUT2D eigenvalue weighted by Crippen LogP contribution is 2.08. The third-order valence-corrected chi connectivity index (χ3v) is 2.15. The van der Waals surface area contributed by atoms with Crippen LogP contribution in [0.1, 0.15) is 27.2 Å². The van der Waals surface area contributed by atoms with Crippen LogP contribution in [-0.4, -0.2) is 42.0 Å². The molecule has 1 aliphatic rings. The molecule has 1 heterocycles. The van der Waals surface area contributed by atoms with Crippen molar-refractivity contribution >= 4 is 6.09 Å². The summed E-state index contributed by atoms with van der Waals surface area (Å²) in [6, 6.07) is -0.256. The van der Waals surface area contributed by atoms with Gasteiger partial charge in [0, 0.05) is 6.54 Å². The van der Waals surface area contributed by atoms with Gasteiger partial charge in [-0.15, -0.1) is 0 Å². The second kappa shape index (κ2) is 4.81. The number of hydrogen-bond acceptors (Lipinski definition) is 4. The Balaban J connectivity index is 2.36. The van der Waals surface area contributed by atoms with Crippen LogP contribution in [0.15, 0.2) is 0 Å². The molecule has 0 saturated carbocycles. The van der Waals surface area contributed by atoms with E-state index < -0.39 is 17.8 Å². The number of aliphatic hydroxyl groups is 1. The molecule has 0 radical (unpaired) electrons. The number of aliphatic hydroxyl groups excluding tert-OH is 1. The van der Waals surface area contributed by atoms with Gasteiger partial charge < -0.3 is 20.5 Å². The van der Waals surface area contributed by atoms with Crippen molar-refractivity contribution in [3.05, 3.63) is 0 Å². The zero-order valence-electron chi connectivity index (χ0n) is 9.54. The standard InChI is InChI=1S/C10H20N2O3/c1-10(2,3)15-9(14)12-7-6-11-5-4-8(7)13/h7-8,11,13H,4-6H2,1-3H3,(H,12,14). The maximum Gasteiger partial charge on any atom is 0.408 e. The van der Waals surface area contributed by atoms with Gasteiger partial charge in [0.2, 0.25) is 0 Å². The number of hydrogen-bond donors (Lipinski definition) is 3. The number of nitrogens with one attached hydrogen (secondary N) is 2. The molecule has 1 fully saturated rings. The van der Waals surface area contributed by atoms with E-state index in [1.807, 2.05) is 20.8 Å². The Morgan fingerprint density at radius 2 is 2.20 bits per heavy atom. The molecule has 3 N–H and O–H groups in total. The van der Waals surface area contributed by atoms with Crippen LogP contribution in [0.3, 0.4) is 0 Å². The van der Waals surface area contributed by atoms with E-state index in [1.54, 1.807) is 0 Å². The van der Waals surface area contributed by atoms with Crippen LogP contribution in [0.4, 0.5) is 4.79 Å². The van der Waals surface area contributed by atoms with E-state index in [4.69, 9.17) is 4.74 Å². The summed E-state index contributed by atoms with van der Waals surface area (Å²) in [5, 5.41) is 15.4. The third-order valence-electron chi connectivity index (χ3n) is 2.15. The van der Waals surface area contributed by atoms with Gasteiger partial charge in [0.1, 0.15) is 5.60 Å². The molecule has 2 unspecified atom stereocenters. The van der Waals surface area contributed by atoms with Gasteiger partial charge in [-0.3, -0.25) is 0 Å². The average Bonchev–Trinajstić information content (AvgIpc) is 2.05. The quantitative estimate of drug-likeness (QED) is 0.587. The first-order valence-corrected chi connectivity index (χ1v) is 5.27. The Bertz CT molecular complexity index is 225. The van der Waals surface area contributed by atoms with E-state index in [9.17, 15) is 9.90 Å². The Kier molecular flexibility index (Phi) is 3.93. The second-order valence-corrected chi connectivity index (χ2v) is 4.81. The van der Waals surface area contributed by atoms with Gasteiger partial charge in [0.05, 0.1) is 12.1 Å². The molecule has 1 rings (SSSR count). The summed E-state index contributed by atoms with van der Waals surface area (Å²) in [6.45, 7) is 6.79. The van der Waals surface area contributed by atoms with E-state index in [0.29, 0.717) is 13.0 Å². The number of rotatable bonds is 1. The normalized spacial score (nSPS) is 27.2. The fourth-order valence-electron chi connectivity index (χ4n) is 1.45. The SMILES string of the molecule is CC(C)(C)OC(=O)NC1CNCCC1O. The average molecular weight is 216 g/mol. The van der Waals surface area contributed by atoms with Crippen molar-refractivity contribution in [3.8, 4) is 0 Å². The minimum Gasteiger partial charge on any atom is -0.444 e. The summed E-state index contributed by atoms with van der Waals surface area (Å²) in [5.74, 6) is 0. The molecule has 0 aromatic carbocycles. The summed E-state index contributed by atoms with van der Waals surface area (Å²) in [5.41, 5.74) is -0.503. The zero-order valence-corrected chi connectivity index (χ0v) is 9.54. The molecule has 0 spiro atoms. The van der Waals surface area contributed by atoms with Crippen LogP contribution in [0.5, 0.6) is 0 Å². The summed E-state index contributed by atoms with van der Waals surface area (Å²) < 4.78 is 5.10. The molecule has 0 aliphatic carbocycles.